The molecule has 0 atom stereocenters. The second kappa shape index (κ2) is 6.64. The number of fused-ring (bicyclic) bond motifs is 10. The molecule has 1 aliphatic rings. The Morgan fingerprint density at radius 2 is 1.32 bits per heavy atom. The van der Waals surface area contributed by atoms with Crippen molar-refractivity contribution in [2.45, 2.75) is 12.8 Å². The molecule has 0 radical (unpaired) electrons. The molecule has 8 rings (SSSR count). The van der Waals surface area contributed by atoms with Crippen LogP contribution in [0.2, 0.25) is 0 Å². The average Bonchev–Trinajstić information content (AvgIpc) is 3.52. The highest BCUT2D eigenvalue weighted by Crippen LogP contribution is 2.43. The van der Waals surface area contributed by atoms with Crippen molar-refractivity contribution in [3.05, 3.63) is 94.7 Å². The maximum Gasteiger partial charge on any atom is 0.136 e. The summed E-state index contributed by atoms with van der Waals surface area (Å²) in [5.41, 5.74) is 7.65. The Bertz CT molecular complexity index is 1930. The number of nitrogens with zero attached hydrogens (tertiary/aromatic N) is 1. The SMILES string of the molecule is Brc1ccc2oc3ccc4oc5c(c4c3c2c1)C=C(n1c2ccccc2c2ccccc21)CC5. The molecule has 0 spiro atoms. The minimum Gasteiger partial charge on any atom is -0.460 e. The number of allylic oxidation sites excluding steroid dienone is 1. The Labute approximate surface area is 203 Å². The van der Waals surface area contributed by atoms with Crippen molar-refractivity contribution in [2.24, 2.45) is 0 Å². The molecule has 162 valence electrons. The van der Waals surface area contributed by atoms with E-state index in [1.165, 1.54) is 33.1 Å². The summed E-state index contributed by atoms with van der Waals surface area (Å²) in [5.74, 6) is 1.05. The molecule has 0 aliphatic heterocycles. The molecular formula is C30H18BrNO2. The van der Waals surface area contributed by atoms with E-state index in [0.29, 0.717) is 0 Å². The molecule has 3 nitrogen and oxygen atoms in total. The summed E-state index contributed by atoms with van der Waals surface area (Å²) in [7, 11) is 0. The monoisotopic (exact) mass is 503 g/mol. The van der Waals surface area contributed by atoms with Gasteiger partial charge in [0, 0.05) is 49.1 Å². The molecule has 0 N–H and O–H groups in total. The van der Waals surface area contributed by atoms with E-state index in [2.05, 4.69) is 81.2 Å². The zero-order valence-corrected chi connectivity index (χ0v) is 19.7. The van der Waals surface area contributed by atoms with Crippen LogP contribution >= 0.6 is 15.9 Å². The van der Waals surface area contributed by atoms with Crippen LogP contribution in [0.25, 0.3) is 66.5 Å². The lowest BCUT2D eigenvalue weighted by Crippen LogP contribution is -2.03. The summed E-state index contributed by atoms with van der Waals surface area (Å²) in [6, 6.07) is 27.6. The number of benzene rings is 4. The zero-order chi connectivity index (χ0) is 22.4. The average molecular weight is 504 g/mol. The van der Waals surface area contributed by atoms with Crippen molar-refractivity contribution in [3.63, 3.8) is 0 Å². The Morgan fingerprint density at radius 3 is 2.09 bits per heavy atom. The molecule has 0 bridgehead atoms. The zero-order valence-electron chi connectivity index (χ0n) is 18.1. The number of hydrogen-bond acceptors (Lipinski definition) is 2. The molecule has 4 aromatic carbocycles. The van der Waals surface area contributed by atoms with Gasteiger partial charge in [-0.1, -0.05) is 52.3 Å². The summed E-state index contributed by atoms with van der Waals surface area (Å²) < 4.78 is 16.1. The molecule has 0 unspecified atom stereocenters. The van der Waals surface area contributed by atoms with Crippen LogP contribution in [-0.2, 0) is 6.42 Å². The first kappa shape index (κ1) is 18.6. The quantitative estimate of drug-likeness (QED) is 0.223. The van der Waals surface area contributed by atoms with E-state index in [4.69, 9.17) is 8.83 Å². The minimum atomic E-state index is 0.873. The lowest BCUT2D eigenvalue weighted by molar-refractivity contribution is 0.546. The molecule has 7 aromatic rings. The summed E-state index contributed by atoms with van der Waals surface area (Å²) >= 11 is 3.63. The largest absolute Gasteiger partial charge is 0.460 e. The molecular weight excluding hydrogens is 486 g/mol. The lowest BCUT2D eigenvalue weighted by Gasteiger charge is -2.16. The van der Waals surface area contributed by atoms with Gasteiger partial charge in [0.05, 0.1) is 11.0 Å². The van der Waals surface area contributed by atoms with Gasteiger partial charge in [0.2, 0.25) is 0 Å². The molecule has 0 fully saturated rings. The Hall–Kier alpha value is -3.76. The van der Waals surface area contributed by atoms with Gasteiger partial charge in [0.1, 0.15) is 22.5 Å². The van der Waals surface area contributed by atoms with E-state index in [0.717, 1.165) is 56.0 Å². The first-order valence-electron chi connectivity index (χ1n) is 11.5. The Kier molecular flexibility index (Phi) is 3.64. The van der Waals surface area contributed by atoms with Gasteiger partial charge in [0.15, 0.2) is 0 Å². The standard InChI is InChI=1S/C30H18BrNO2/c31-17-9-11-25-21(15-17)29-27(33-25)13-14-28-30(29)22-16-18(10-12-26(22)34-28)32-23-7-3-1-5-19(23)20-6-2-4-8-24(20)32/h1-9,11,13-16H,10,12H2. The van der Waals surface area contributed by atoms with Crippen molar-refractivity contribution >= 4 is 82.4 Å². The van der Waals surface area contributed by atoms with Crippen LogP contribution in [0.5, 0.6) is 0 Å². The van der Waals surface area contributed by atoms with Gasteiger partial charge < -0.3 is 13.4 Å². The fraction of sp³-hybridized carbons (Fsp3) is 0.0667. The van der Waals surface area contributed by atoms with Crippen LogP contribution < -0.4 is 0 Å². The number of furan rings is 2. The van der Waals surface area contributed by atoms with Crippen molar-refractivity contribution in [1.29, 1.82) is 0 Å². The number of aryl methyl sites for hydroxylation is 1. The van der Waals surface area contributed by atoms with E-state index in [1.54, 1.807) is 0 Å². The number of halogens is 1. The predicted octanol–water partition coefficient (Wildman–Crippen LogP) is 9.15. The van der Waals surface area contributed by atoms with Gasteiger partial charge in [-0.25, -0.2) is 0 Å². The van der Waals surface area contributed by atoms with Gasteiger partial charge in [-0.2, -0.15) is 0 Å². The smallest absolute Gasteiger partial charge is 0.136 e. The van der Waals surface area contributed by atoms with E-state index in [-0.39, 0.29) is 0 Å². The van der Waals surface area contributed by atoms with E-state index >= 15 is 0 Å². The fourth-order valence-corrected chi connectivity index (χ4v) is 6.09. The maximum absolute atomic E-state index is 6.38. The van der Waals surface area contributed by atoms with Crippen LogP contribution in [0, 0.1) is 0 Å². The third kappa shape index (κ3) is 2.41. The van der Waals surface area contributed by atoms with Crippen molar-refractivity contribution < 1.29 is 8.83 Å². The normalized spacial score (nSPS) is 14.0. The molecule has 1 aliphatic carbocycles. The van der Waals surface area contributed by atoms with Crippen LogP contribution in [0.4, 0.5) is 0 Å². The van der Waals surface area contributed by atoms with Gasteiger partial charge in [-0.3, -0.25) is 0 Å². The van der Waals surface area contributed by atoms with Crippen molar-refractivity contribution in [2.75, 3.05) is 0 Å². The Morgan fingerprint density at radius 1 is 0.647 bits per heavy atom. The number of rotatable bonds is 1. The van der Waals surface area contributed by atoms with Crippen LogP contribution in [0.1, 0.15) is 17.7 Å². The predicted molar refractivity (Wildman–Crippen MR) is 143 cm³/mol. The Balaban J connectivity index is 1.48. The van der Waals surface area contributed by atoms with Gasteiger partial charge in [-0.05, 0) is 55.0 Å². The second-order valence-electron chi connectivity index (χ2n) is 9.00. The lowest BCUT2D eigenvalue weighted by atomic mass is 9.97. The van der Waals surface area contributed by atoms with Crippen molar-refractivity contribution in [1.82, 2.24) is 4.57 Å². The summed E-state index contributed by atoms with van der Waals surface area (Å²) in [6.07, 6.45) is 4.13. The van der Waals surface area contributed by atoms with Crippen LogP contribution in [0.15, 0.2) is 92.2 Å². The second-order valence-corrected chi connectivity index (χ2v) is 9.91. The van der Waals surface area contributed by atoms with E-state index in [9.17, 15) is 0 Å². The number of para-hydroxylation sites is 2. The number of aromatic nitrogens is 1. The van der Waals surface area contributed by atoms with E-state index in [1.807, 2.05) is 24.3 Å². The maximum atomic E-state index is 6.38. The highest BCUT2D eigenvalue weighted by Gasteiger charge is 2.24. The molecule has 0 saturated carbocycles. The first-order valence-corrected chi connectivity index (χ1v) is 12.3. The highest BCUT2D eigenvalue weighted by atomic mass is 79.9. The molecule has 0 amide bonds. The number of hydrogen-bond donors (Lipinski definition) is 0. The summed E-state index contributed by atoms with van der Waals surface area (Å²) in [5, 5.41) is 5.95. The minimum absolute atomic E-state index is 0.873. The van der Waals surface area contributed by atoms with Gasteiger partial charge in [0.25, 0.3) is 0 Å². The molecule has 3 heterocycles. The van der Waals surface area contributed by atoms with Crippen LogP contribution in [-0.4, -0.2) is 4.57 Å². The topological polar surface area (TPSA) is 31.2 Å². The van der Waals surface area contributed by atoms with Crippen LogP contribution in [0.3, 0.4) is 0 Å². The third-order valence-corrected chi connectivity index (χ3v) is 7.64. The van der Waals surface area contributed by atoms with Gasteiger partial charge >= 0.3 is 0 Å². The third-order valence-electron chi connectivity index (χ3n) is 7.15. The van der Waals surface area contributed by atoms with E-state index < -0.39 is 0 Å². The summed E-state index contributed by atoms with van der Waals surface area (Å²) in [4.78, 5) is 0. The molecule has 34 heavy (non-hydrogen) atoms. The summed E-state index contributed by atoms with van der Waals surface area (Å²) in [6.45, 7) is 0. The molecule has 4 heteroatoms. The van der Waals surface area contributed by atoms with Gasteiger partial charge in [-0.15, -0.1) is 0 Å². The first-order chi connectivity index (χ1) is 16.8. The van der Waals surface area contributed by atoms with Crippen molar-refractivity contribution in [3.8, 4) is 0 Å². The fourth-order valence-electron chi connectivity index (χ4n) is 5.73. The molecule has 0 saturated heterocycles. The highest BCUT2D eigenvalue weighted by molar-refractivity contribution is 9.10. The molecule has 3 aromatic heterocycles.